The second kappa shape index (κ2) is 9.75. The number of nitrogens with zero attached hydrogens (tertiary/aromatic N) is 1. The number of fused-ring (bicyclic) bond motifs is 1. The number of aliphatic imine (C=N–C) groups is 1. The van der Waals surface area contributed by atoms with Gasteiger partial charge < -0.3 is 19.5 Å². The molecule has 0 saturated heterocycles. The fourth-order valence-electron chi connectivity index (χ4n) is 2.70. The molecule has 2 aromatic carbocycles. The van der Waals surface area contributed by atoms with Crippen LogP contribution in [0.1, 0.15) is 11.1 Å². The molecule has 0 radical (unpaired) electrons. The van der Waals surface area contributed by atoms with Crippen molar-refractivity contribution in [3.8, 4) is 17.2 Å². The van der Waals surface area contributed by atoms with Gasteiger partial charge in [-0.15, -0.1) is 0 Å². The van der Waals surface area contributed by atoms with Crippen LogP contribution in [0.3, 0.4) is 0 Å². The van der Waals surface area contributed by atoms with Crippen molar-refractivity contribution in [1.82, 2.24) is 5.32 Å². The topological polar surface area (TPSA) is 69.2 Å². The number of amides is 1. The number of carbonyl (C=O) groups excluding carboxylic acids is 1. The molecule has 6 nitrogen and oxygen atoms in total. The molecular formula is C20H22N2O4S2. The number of para-hydroxylation sites is 1. The van der Waals surface area contributed by atoms with Crippen LogP contribution >= 0.6 is 23.5 Å². The molecule has 1 N–H and O–H groups in total. The Morgan fingerprint density at radius 1 is 1.14 bits per heavy atom. The van der Waals surface area contributed by atoms with E-state index in [1.807, 2.05) is 30.3 Å². The zero-order valence-corrected chi connectivity index (χ0v) is 17.6. The van der Waals surface area contributed by atoms with Gasteiger partial charge in [-0.2, -0.15) is 0 Å². The fourth-order valence-corrected chi connectivity index (χ4v) is 4.59. The van der Waals surface area contributed by atoms with Crippen LogP contribution in [0, 0.1) is 0 Å². The van der Waals surface area contributed by atoms with Crippen LogP contribution < -0.4 is 19.5 Å². The summed E-state index contributed by atoms with van der Waals surface area (Å²) in [6.45, 7) is 0.374. The Kier molecular flexibility index (Phi) is 7.11. The van der Waals surface area contributed by atoms with Crippen LogP contribution in [-0.2, 0) is 17.1 Å². The lowest BCUT2D eigenvalue weighted by Crippen LogP contribution is -2.25. The van der Waals surface area contributed by atoms with Crippen LogP contribution in [-0.4, -0.2) is 37.4 Å². The van der Waals surface area contributed by atoms with Gasteiger partial charge in [0.1, 0.15) is 4.38 Å². The van der Waals surface area contributed by atoms with E-state index in [0.717, 1.165) is 21.4 Å². The molecule has 0 fully saturated rings. The van der Waals surface area contributed by atoms with E-state index in [4.69, 9.17) is 14.2 Å². The van der Waals surface area contributed by atoms with Gasteiger partial charge in [0.2, 0.25) is 11.7 Å². The quantitative estimate of drug-likeness (QED) is 0.733. The molecule has 0 aliphatic carbocycles. The first-order chi connectivity index (χ1) is 13.6. The van der Waals surface area contributed by atoms with Crippen LogP contribution in [0.5, 0.6) is 17.2 Å². The van der Waals surface area contributed by atoms with Crippen molar-refractivity contribution < 1.29 is 19.0 Å². The van der Waals surface area contributed by atoms with Gasteiger partial charge in [-0.3, -0.25) is 4.79 Å². The molecule has 0 aromatic heterocycles. The predicted octanol–water partition coefficient (Wildman–Crippen LogP) is 4.00. The molecule has 0 bridgehead atoms. The Hall–Kier alpha value is -2.32. The number of carbonyl (C=O) groups is 1. The molecule has 148 valence electrons. The summed E-state index contributed by atoms with van der Waals surface area (Å²) in [5, 5.41) is 2.92. The average Bonchev–Trinajstić information content (AvgIpc) is 2.75. The summed E-state index contributed by atoms with van der Waals surface area (Å²) in [5.41, 5.74) is 3.08. The Morgan fingerprint density at radius 3 is 2.54 bits per heavy atom. The highest BCUT2D eigenvalue weighted by Crippen LogP contribution is 2.38. The first-order valence-corrected chi connectivity index (χ1v) is 10.6. The van der Waals surface area contributed by atoms with Crippen molar-refractivity contribution in [2.24, 2.45) is 4.99 Å². The number of nitrogens with one attached hydrogen (secondary N) is 1. The standard InChI is InChI=1S/C20H22N2O4S2/c1-24-16-8-13(9-17(25-2)19(16)26-3)10-21-18(23)12-28-20-22-15-7-5-4-6-14(15)11-27-20/h4-9H,10-12H2,1-3H3,(H,21,23). The summed E-state index contributed by atoms with van der Waals surface area (Å²) in [6, 6.07) is 11.7. The second-order valence-corrected chi connectivity index (χ2v) is 8.08. The average molecular weight is 419 g/mol. The summed E-state index contributed by atoms with van der Waals surface area (Å²) in [4.78, 5) is 16.9. The van der Waals surface area contributed by atoms with Crippen molar-refractivity contribution in [2.75, 3.05) is 27.1 Å². The molecule has 8 heteroatoms. The first-order valence-electron chi connectivity index (χ1n) is 8.62. The summed E-state index contributed by atoms with van der Waals surface area (Å²) in [6.07, 6.45) is 0. The third-order valence-electron chi connectivity index (χ3n) is 4.10. The molecule has 0 unspecified atom stereocenters. The SMILES string of the molecule is COc1cc(CNC(=O)CSC2=Nc3ccccc3CS2)cc(OC)c1OC. The van der Waals surface area contributed by atoms with Gasteiger partial charge in [0.25, 0.3) is 0 Å². The molecule has 0 spiro atoms. The van der Waals surface area contributed by atoms with E-state index in [1.165, 1.54) is 17.3 Å². The number of ether oxygens (including phenoxy) is 3. The minimum Gasteiger partial charge on any atom is -0.493 e. The molecular weight excluding hydrogens is 396 g/mol. The molecule has 1 aliphatic heterocycles. The maximum absolute atomic E-state index is 12.3. The maximum atomic E-state index is 12.3. The third kappa shape index (κ3) is 4.94. The lowest BCUT2D eigenvalue weighted by Gasteiger charge is -2.15. The van der Waals surface area contributed by atoms with E-state index in [-0.39, 0.29) is 5.91 Å². The minimum atomic E-state index is -0.0547. The van der Waals surface area contributed by atoms with Crippen molar-refractivity contribution in [1.29, 1.82) is 0 Å². The molecule has 3 rings (SSSR count). The van der Waals surface area contributed by atoms with Crippen molar-refractivity contribution >= 4 is 39.5 Å². The minimum absolute atomic E-state index is 0.0547. The zero-order valence-electron chi connectivity index (χ0n) is 16.0. The number of thioether (sulfide) groups is 2. The number of hydrogen-bond acceptors (Lipinski definition) is 7. The van der Waals surface area contributed by atoms with Crippen LogP contribution in [0.2, 0.25) is 0 Å². The molecule has 1 heterocycles. The zero-order chi connectivity index (χ0) is 19.9. The smallest absolute Gasteiger partial charge is 0.230 e. The first kappa shape index (κ1) is 20.4. The molecule has 0 atom stereocenters. The van der Waals surface area contributed by atoms with Crippen LogP contribution in [0.15, 0.2) is 41.4 Å². The molecule has 1 aliphatic rings. The second-order valence-electron chi connectivity index (χ2n) is 5.89. The number of benzene rings is 2. The van der Waals surface area contributed by atoms with E-state index < -0.39 is 0 Å². The van der Waals surface area contributed by atoms with E-state index in [0.29, 0.717) is 29.5 Å². The Bertz CT molecular complexity index is 861. The van der Waals surface area contributed by atoms with E-state index in [1.54, 1.807) is 33.1 Å². The maximum Gasteiger partial charge on any atom is 0.230 e. The van der Waals surface area contributed by atoms with Gasteiger partial charge in [0, 0.05) is 12.3 Å². The molecule has 0 saturated carbocycles. The van der Waals surface area contributed by atoms with Gasteiger partial charge in [-0.05, 0) is 29.3 Å². The summed E-state index contributed by atoms with van der Waals surface area (Å²) < 4.78 is 16.9. The van der Waals surface area contributed by atoms with E-state index >= 15 is 0 Å². The molecule has 1 amide bonds. The summed E-state index contributed by atoms with van der Waals surface area (Å²) in [7, 11) is 4.69. The number of methoxy groups -OCH3 is 3. The highest BCUT2D eigenvalue weighted by Gasteiger charge is 2.15. The van der Waals surface area contributed by atoms with Gasteiger partial charge >= 0.3 is 0 Å². The van der Waals surface area contributed by atoms with Crippen molar-refractivity contribution in [3.05, 3.63) is 47.5 Å². The van der Waals surface area contributed by atoms with Crippen LogP contribution in [0.25, 0.3) is 0 Å². The number of hydrogen-bond donors (Lipinski definition) is 1. The van der Waals surface area contributed by atoms with E-state index in [9.17, 15) is 4.79 Å². The predicted molar refractivity (Wildman–Crippen MR) is 115 cm³/mol. The van der Waals surface area contributed by atoms with E-state index in [2.05, 4.69) is 16.4 Å². The summed E-state index contributed by atoms with van der Waals surface area (Å²) in [5.74, 6) is 2.80. The lowest BCUT2D eigenvalue weighted by atomic mass is 10.2. The van der Waals surface area contributed by atoms with Crippen molar-refractivity contribution in [2.45, 2.75) is 12.3 Å². The summed E-state index contributed by atoms with van der Waals surface area (Å²) >= 11 is 3.12. The highest BCUT2D eigenvalue weighted by molar-refractivity contribution is 8.38. The fraction of sp³-hybridized carbons (Fsp3) is 0.300. The largest absolute Gasteiger partial charge is 0.493 e. The molecule has 28 heavy (non-hydrogen) atoms. The molecule has 2 aromatic rings. The lowest BCUT2D eigenvalue weighted by molar-refractivity contribution is -0.118. The Labute approximate surface area is 173 Å². The normalized spacial score (nSPS) is 12.6. The third-order valence-corrected chi connectivity index (χ3v) is 6.34. The Morgan fingerprint density at radius 2 is 1.86 bits per heavy atom. The van der Waals surface area contributed by atoms with Crippen molar-refractivity contribution in [3.63, 3.8) is 0 Å². The van der Waals surface area contributed by atoms with Crippen LogP contribution in [0.4, 0.5) is 5.69 Å². The van der Waals surface area contributed by atoms with Gasteiger partial charge in [-0.1, -0.05) is 41.7 Å². The Balaban J connectivity index is 1.56. The van der Waals surface area contributed by atoms with Gasteiger partial charge in [0.05, 0.1) is 32.8 Å². The highest BCUT2D eigenvalue weighted by atomic mass is 32.2. The number of rotatable bonds is 7. The monoisotopic (exact) mass is 418 g/mol. The van der Waals surface area contributed by atoms with Gasteiger partial charge in [0.15, 0.2) is 11.5 Å². The van der Waals surface area contributed by atoms with Gasteiger partial charge in [-0.25, -0.2) is 4.99 Å².